The van der Waals surface area contributed by atoms with E-state index in [-0.39, 0.29) is 0 Å². The Bertz CT molecular complexity index is 1400. The van der Waals surface area contributed by atoms with E-state index in [0.717, 1.165) is 33.3 Å². The summed E-state index contributed by atoms with van der Waals surface area (Å²) >= 11 is 0. The molecule has 0 radical (unpaired) electrons. The van der Waals surface area contributed by atoms with Crippen molar-refractivity contribution in [2.45, 2.75) is 13.5 Å². The van der Waals surface area contributed by atoms with E-state index in [1.807, 2.05) is 48.5 Å². The highest BCUT2D eigenvalue weighted by Gasteiger charge is 2.16. The van der Waals surface area contributed by atoms with Crippen LogP contribution >= 0.6 is 0 Å². The molecule has 0 saturated heterocycles. The van der Waals surface area contributed by atoms with E-state index in [2.05, 4.69) is 47.1 Å². The first kappa shape index (κ1) is 21.0. The number of ether oxygens (including phenoxy) is 2. The summed E-state index contributed by atoms with van der Waals surface area (Å²) in [5, 5.41) is 5.59. The minimum absolute atomic E-state index is 0.452. The van der Waals surface area contributed by atoms with Gasteiger partial charge in [0, 0.05) is 30.1 Å². The Morgan fingerprint density at radius 2 is 1.70 bits per heavy atom. The fourth-order valence-corrected chi connectivity index (χ4v) is 4.04. The number of rotatable bonds is 8. The summed E-state index contributed by atoms with van der Waals surface area (Å²) in [7, 11) is 1.66. The van der Waals surface area contributed by atoms with Gasteiger partial charge in [0.1, 0.15) is 23.7 Å². The summed E-state index contributed by atoms with van der Waals surface area (Å²) in [4.78, 5) is 9.94. The van der Waals surface area contributed by atoms with Crippen molar-refractivity contribution >= 4 is 27.6 Å². The second kappa shape index (κ2) is 9.30. The molecule has 0 fully saturated rings. The molecule has 0 aliphatic carbocycles. The monoisotopic (exact) mass is 438 g/mol. The van der Waals surface area contributed by atoms with Crippen molar-refractivity contribution in [3.63, 3.8) is 0 Å². The normalized spacial score (nSPS) is 11.2. The molecule has 166 valence electrons. The minimum atomic E-state index is 0.452. The maximum absolute atomic E-state index is 6.02. The average Bonchev–Trinajstić information content (AvgIpc) is 3.19. The van der Waals surface area contributed by atoms with Gasteiger partial charge in [0.05, 0.1) is 12.1 Å². The van der Waals surface area contributed by atoms with E-state index in [1.165, 1.54) is 5.56 Å². The molecule has 0 aliphatic heterocycles. The van der Waals surface area contributed by atoms with Crippen molar-refractivity contribution in [2.24, 2.45) is 0 Å². The number of nitrogens with zero attached hydrogens (tertiary/aromatic N) is 3. The smallest absolute Gasteiger partial charge is 0.237 e. The van der Waals surface area contributed by atoms with Gasteiger partial charge in [-0.05, 0) is 36.8 Å². The molecule has 0 unspecified atom stereocenters. The largest absolute Gasteiger partial charge is 0.489 e. The number of hydrogen-bond donors (Lipinski definition) is 1. The molecule has 0 spiro atoms. The predicted octanol–water partition coefficient (Wildman–Crippen LogP) is 5.52. The molecule has 6 heteroatoms. The summed E-state index contributed by atoms with van der Waals surface area (Å²) < 4.78 is 13.3. The molecule has 3 aromatic carbocycles. The molecule has 0 saturated carbocycles. The zero-order valence-corrected chi connectivity index (χ0v) is 18.8. The number of aromatic nitrogens is 3. The van der Waals surface area contributed by atoms with E-state index in [9.17, 15) is 0 Å². The van der Waals surface area contributed by atoms with Crippen molar-refractivity contribution in [3.8, 4) is 11.7 Å². The lowest BCUT2D eigenvalue weighted by Crippen LogP contribution is -2.10. The van der Waals surface area contributed by atoms with E-state index in [1.54, 1.807) is 7.11 Å². The van der Waals surface area contributed by atoms with E-state index in [0.29, 0.717) is 31.5 Å². The number of aryl methyl sites for hydroxylation is 1. The summed E-state index contributed by atoms with van der Waals surface area (Å²) in [6.07, 6.45) is 0. The molecular formula is C27H26N4O2. The fourth-order valence-electron chi connectivity index (χ4n) is 4.04. The third-order valence-corrected chi connectivity index (χ3v) is 5.62. The first-order chi connectivity index (χ1) is 16.2. The van der Waals surface area contributed by atoms with Crippen LogP contribution in [-0.2, 0) is 11.3 Å². The van der Waals surface area contributed by atoms with E-state index >= 15 is 0 Å². The highest BCUT2D eigenvalue weighted by Crippen LogP contribution is 2.31. The first-order valence-corrected chi connectivity index (χ1v) is 11.0. The number of methoxy groups -OCH3 is 1. The quantitative estimate of drug-likeness (QED) is 0.323. The Labute approximate surface area is 192 Å². The molecule has 0 amide bonds. The summed E-state index contributed by atoms with van der Waals surface area (Å²) in [6.45, 7) is 3.69. The second-order valence-corrected chi connectivity index (χ2v) is 7.88. The van der Waals surface area contributed by atoms with Crippen LogP contribution in [0.4, 0.5) is 5.82 Å². The highest BCUT2D eigenvalue weighted by atomic mass is 16.5. The number of nitrogens with one attached hydrogen (secondary N) is 1. The van der Waals surface area contributed by atoms with Gasteiger partial charge in [-0.2, -0.15) is 4.98 Å². The fraction of sp³-hybridized carbons (Fsp3) is 0.185. The van der Waals surface area contributed by atoms with Crippen molar-refractivity contribution in [1.82, 2.24) is 14.5 Å². The molecule has 5 aromatic rings. The SMILES string of the molecule is COCCOc1cccc2c(NCc3ccccc3)nc(-n3c(C)cc4ccccc43)nc12. The number of benzene rings is 3. The van der Waals surface area contributed by atoms with Crippen LogP contribution in [0.2, 0.25) is 0 Å². The van der Waals surface area contributed by atoms with Crippen molar-refractivity contribution in [3.05, 3.63) is 90.1 Å². The van der Waals surface area contributed by atoms with Crippen LogP contribution < -0.4 is 10.1 Å². The number of anilines is 1. The number of hydrogen-bond acceptors (Lipinski definition) is 5. The zero-order chi connectivity index (χ0) is 22.6. The molecule has 33 heavy (non-hydrogen) atoms. The van der Waals surface area contributed by atoms with Gasteiger partial charge in [-0.15, -0.1) is 0 Å². The summed E-state index contributed by atoms with van der Waals surface area (Å²) in [6, 6.07) is 26.7. The standard InChI is InChI=1S/C27H26N4O2/c1-19-17-21-11-6-7-13-23(21)31(19)27-29-25-22(12-8-14-24(25)33-16-15-32-2)26(30-27)28-18-20-9-4-3-5-10-20/h3-14,17H,15-16,18H2,1-2H3,(H,28,29,30). The number of para-hydroxylation sites is 2. The van der Waals surface area contributed by atoms with Crippen LogP contribution in [0.25, 0.3) is 27.8 Å². The second-order valence-electron chi connectivity index (χ2n) is 7.88. The van der Waals surface area contributed by atoms with Gasteiger partial charge in [-0.3, -0.25) is 4.57 Å². The summed E-state index contributed by atoms with van der Waals surface area (Å²) in [5.74, 6) is 2.10. The third-order valence-electron chi connectivity index (χ3n) is 5.62. The Hall–Kier alpha value is -3.90. The van der Waals surface area contributed by atoms with E-state index in [4.69, 9.17) is 19.4 Å². The first-order valence-electron chi connectivity index (χ1n) is 11.0. The Balaban J connectivity index is 1.65. The predicted molar refractivity (Wildman–Crippen MR) is 132 cm³/mol. The van der Waals surface area contributed by atoms with Crippen LogP contribution in [0.15, 0.2) is 78.9 Å². The van der Waals surface area contributed by atoms with Gasteiger partial charge in [-0.25, -0.2) is 4.98 Å². The molecule has 2 heterocycles. The van der Waals surface area contributed by atoms with Gasteiger partial charge >= 0.3 is 0 Å². The van der Waals surface area contributed by atoms with Crippen LogP contribution in [0.1, 0.15) is 11.3 Å². The molecule has 6 nitrogen and oxygen atoms in total. The van der Waals surface area contributed by atoms with Gasteiger partial charge in [0.25, 0.3) is 0 Å². The molecule has 0 atom stereocenters. The molecular weight excluding hydrogens is 412 g/mol. The van der Waals surface area contributed by atoms with Crippen molar-refractivity contribution in [2.75, 3.05) is 25.6 Å². The maximum atomic E-state index is 6.02. The Morgan fingerprint density at radius 3 is 2.55 bits per heavy atom. The Kier molecular flexibility index (Phi) is 5.91. The molecule has 0 aliphatic rings. The molecule has 5 rings (SSSR count). The maximum Gasteiger partial charge on any atom is 0.237 e. The molecule has 0 bridgehead atoms. The lowest BCUT2D eigenvalue weighted by Gasteiger charge is -2.15. The number of fused-ring (bicyclic) bond motifs is 2. The highest BCUT2D eigenvalue weighted by molar-refractivity contribution is 5.94. The van der Waals surface area contributed by atoms with Crippen molar-refractivity contribution < 1.29 is 9.47 Å². The van der Waals surface area contributed by atoms with Gasteiger partial charge in [-0.1, -0.05) is 54.6 Å². The van der Waals surface area contributed by atoms with Crippen LogP contribution in [0.3, 0.4) is 0 Å². The average molecular weight is 439 g/mol. The van der Waals surface area contributed by atoms with Crippen LogP contribution in [0.5, 0.6) is 5.75 Å². The Morgan fingerprint density at radius 1 is 0.879 bits per heavy atom. The van der Waals surface area contributed by atoms with Crippen molar-refractivity contribution in [1.29, 1.82) is 0 Å². The topological polar surface area (TPSA) is 61.2 Å². The third kappa shape index (κ3) is 4.25. The molecule has 1 N–H and O–H groups in total. The van der Waals surface area contributed by atoms with Gasteiger partial charge < -0.3 is 14.8 Å². The van der Waals surface area contributed by atoms with Crippen LogP contribution in [0, 0.1) is 6.92 Å². The summed E-state index contributed by atoms with van der Waals surface area (Å²) in [5.41, 5.74) is 4.09. The van der Waals surface area contributed by atoms with Gasteiger partial charge in [0.15, 0.2) is 0 Å². The lowest BCUT2D eigenvalue weighted by molar-refractivity contribution is 0.147. The molecule has 2 aromatic heterocycles. The van der Waals surface area contributed by atoms with Gasteiger partial charge in [0.2, 0.25) is 5.95 Å². The minimum Gasteiger partial charge on any atom is -0.489 e. The van der Waals surface area contributed by atoms with Crippen LogP contribution in [-0.4, -0.2) is 34.9 Å². The lowest BCUT2D eigenvalue weighted by atomic mass is 10.2. The van der Waals surface area contributed by atoms with E-state index < -0.39 is 0 Å². The zero-order valence-electron chi connectivity index (χ0n) is 18.8.